The number of piperazine rings is 1. The van der Waals surface area contributed by atoms with Crippen molar-refractivity contribution in [3.63, 3.8) is 0 Å². The normalized spacial score (nSPS) is 20.9. The predicted octanol–water partition coefficient (Wildman–Crippen LogP) is 0.850. The Hall–Kier alpha value is -1.24. The summed E-state index contributed by atoms with van der Waals surface area (Å²) < 4.78 is 13.1. The van der Waals surface area contributed by atoms with Crippen molar-refractivity contribution in [1.29, 1.82) is 0 Å². The van der Waals surface area contributed by atoms with Crippen molar-refractivity contribution in [3.05, 3.63) is 28.8 Å². The van der Waals surface area contributed by atoms with Crippen LogP contribution in [0.3, 0.4) is 0 Å². The van der Waals surface area contributed by atoms with Crippen LogP contribution in [0.1, 0.15) is 10.4 Å². The summed E-state index contributed by atoms with van der Waals surface area (Å²) in [5, 5.41) is 2.80. The van der Waals surface area contributed by atoms with Crippen molar-refractivity contribution < 1.29 is 9.18 Å². The van der Waals surface area contributed by atoms with Crippen LogP contribution in [0, 0.1) is 5.82 Å². The van der Waals surface area contributed by atoms with Crippen LogP contribution in [0.15, 0.2) is 12.3 Å². The van der Waals surface area contributed by atoms with Crippen molar-refractivity contribution >= 4 is 17.5 Å². The summed E-state index contributed by atoms with van der Waals surface area (Å²) in [6.45, 7) is 3.35. The lowest BCUT2D eigenvalue weighted by molar-refractivity contribution is 0.0880. The maximum Gasteiger partial charge on any atom is 0.254 e. The summed E-state index contributed by atoms with van der Waals surface area (Å²) in [6, 6.07) is 1.33. The molecule has 110 valence electrons. The molecule has 1 N–H and O–H groups in total. The molecule has 0 spiro atoms. The number of hydrogen-bond donors (Lipinski definition) is 1. The largest absolute Gasteiger partial charge is 0.350 e. The first-order valence-corrected chi connectivity index (χ1v) is 6.83. The molecule has 1 aromatic heterocycles. The fourth-order valence-corrected chi connectivity index (χ4v) is 2.40. The van der Waals surface area contributed by atoms with Crippen molar-refractivity contribution in [2.45, 2.75) is 6.04 Å². The van der Waals surface area contributed by atoms with Crippen LogP contribution in [0.5, 0.6) is 0 Å². The molecule has 1 atom stereocenters. The maximum absolute atomic E-state index is 13.1. The molecule has 2 rings (SSSR count). The zero-order chi connectivity index (χ0) is 14.7. The first-order chi connectivity index (χ1) is 9.47. The summed E-state index contributed by atoms with van der Waals surface area (Å²) in [4.78, 5) is 20.1. The van der Waals surface area contributed by atoms with Gasteiger partial charge in [-0.05, 0) is 20.2 Å². The second kappa shape index (κ2) is 6.47. The highest BCUT2D eigenvalue weighted by Crippen LogP contribution is 2.13. The van der Waals surface area contributed by atoms with Gasteiger partial charge in [0.1, 0.15) is 11.0 Å². The Morgan fingerprint density at radius 2 is 2.30 bits per heavy atom. The Kier molecular flexibility index (Phi) is 4.91. The topological polar surface area (TPSA) is 48.5 Å². The minimum absolute atomic E-state index is 0.0121. The molecule has 0 aromatic carbocycles. The first-order valence-electron chi connectivity index (χ1n) is 6.45. The third-order valence-electron chi connectivity index (χ3n) is 3.53. The summed E-state index contributed by atoms with van der Waals surface area (Å²) in [7, 11) is 4.08. The molecule has 1 saturated heterocycles. The average molecular weight is 301 g/mol. The van der Waals surface area contributed by atoms with Gasteiger partial charge in [0, 0.05) is 32.2 Å². The van der Waals surface area contributed by atoms with Crippen LogP contribution < -0.4 is 5.32 Å². The van der Waals surface area contributed by atoms with E-state index in [2.05, 4.69) is 27.1 Å². The van der Waals surface area contributed by atoms with Gasteiger partial charge in [-0.3, -0.25) is 9.69 Å². The van der Waals surface area contributed by atoms with E-state index in [0.717, 1.165) is 31.9 Å². The molecular formula is C13H18ClFN4O. The van der Waals surface area contributed by atoms with E-state index in [4.69, 9.17) is 11.6 Å². The van der Waals surface area contributed by atoms with Gasteiger partial charge in [0.25, 0.3) is 5.91 Å². The lowest BCUT2D eigenvalue weighted by Gasteiger charge is -2.37. The van der Waals surface area contributed by atoms with Gasteiger partial charge in [0.15, 0.2) is 0 Å². The highest BCUT2D eigenvalue weighted by molar-refractivity contribution is 6.32. The molecule has 1 aliphatic rings. The number of nitrogens with zero attached hydrogens (tertiary/aromatic N) is 3. The van der Waals surface area contributed by atoms with Gasteiger partial charge >= 0.3 is 0 Å². The van der Waals surface area contributed by atoms with Crippen LogP contribution in [0.2, 0.25) is 5.15 Å². The smallest absolute Gasteiger partial charge is 0.254 e. The van der Waals surface area contributed by atoms with E-state index in [0.29, 0.717) is 6.54 Å². The van der Waals surface area contributed by atoms with E-state index in [1.807, 2.05) is 7.05 Å². The van der Waals surface area contributed by atoms with Gasteiger partial charge in [-0.15, -0.1) is 0 Å². The number of carbonyl (C=O) groups excluding carboxylic acids is 1. The molecule has 0 saturated carbocycles. The van der Waals surface area contributed by atoms with Gasteiger partial charge < -0.3 is 10.2 Å². The number of amides is 1. The quantitative estimate of drug-likeness (QED) is 0.841. The van der Waals surface area contributed by atoms with Gasteiger partial charge in [-0.2, -0.15) is 0 Å². The zero-order valence-corrected chi connectivity index (χ0v) is 12.3. The molecule has 1 amide bonds. The van der Waals surface area contributed by atoms with Crippen molar-refractivity contribution in [1.82, 2.24) is 20.1 Å². The Bertz CT molecular complexity index is 499. The molecule has 1 aromatic rings. The molecule has 5 nitrogen and oxygen atoms in total. The lowest BCUT2D eigenvalue weighted by Crippen LogP contribution is -2.54. The SMILES string of the molecule is CN1CCN(C)C(CNC(=O)c2cc(F)cnc2Cl)C1. The van der Waals surface area contributed by atoms with Crippen LogP contribution in [0.4, 0.5) is 4.39 Å². The van der Waals surface area contributed by atoms with Crippen LogP contribution in [-0.4, -0.2) is 67.0 Å². The van der Waals surface area contributed by atoms with Crippen molar-refractivity contribution in [3.8, 4) is 0 Å². The Balaban J connectivity index is 1.96. The Labute approximate surface area is 122 Å². The molecule has 0 bridgehead atoms. The zero-order valence-electron chi connectivity index (χ0n) is 11.6. The summed E-state index contributed by atoms with van der Waals surface area (Å²) in [5.41, 5.74) is 0.0680. The lowest BCUT2D eigenvalue weighted by atomic mass is 10.2. The molecule has 0 radical (unpaired) electrons. The number of nitrogens with one attached hydrogen (secondary N) is 1. The minimum atomic E-state index is -0.575. The molecule has 1 unspecified atom stereocenters. The molecule has 7 heteroatoms. The highest BCUT2D eigenvalue weighted by Gasteiger charge is 2.23. The van der Waals surface area contributed by atoms with Crippen molar-refractivity contribution in [2.75, 3.05) is 40.3 Å². The summed E-state index contributed by atoms with van der Waals surface area (Å²) in [6.07, 6.45) is 0.989. The van der Waals surface area contributed by atoms with E-state index >= 15 is 0 Å². The monoisotopic (exact) mass is 300 g/mol. The van der Waals surface area contributed by atoms with E-state index < -0.39 is 11.7 Å². The van der Waals surface area contributed by atoms with E-state index in [1.165, 1.54) is 0 Å². The van der Waals surface area contributed by atoms with E-state index in [1.54, 1.807) is 0 Å². The number of carbonyl (C=O) groups is 1. The molecule has 0 aliphatic carbocycles. The van der Waals surface area contributed by atoms with Gasteiger partial charge in [0.2, 0.25) is 0 Å². The van der Waals surface area contributed by atoms with E-state index in [9.17, 15) is 9.18 Å². The average Bonchev–Trinajstić information content (AvgIpc) is 2.42. The third kappa shape index (κ3) is 3.65. The maximum atomic E-state index is 13.1. The van der Waals surface area contributed by atoms with Gasteiger partial charge in [-0.1, -0.05) is 11.6 Å². The van der Waals surface area contributed by atoms with Gasteiger partial charge in [0.05, 0.1) is 11.8 Å². The number of hydrogen-bond acceptors (Lipinski definition) is 4. The molecule has 2 heterocycles. The molecular weight excluding hydrogens is 283 g/mol. The van der Waals surface area contributed by atoms with Crippen LogP contribution >= 0.6 is 11.6 Å². The Morgan fingerprint density at radius 1 is 1.55 bits per heavy atom. The summed E-state index contributed by atoms with van der Waals surface area (Å²) >= 11 is 5.81. The van der Waals surface area contributed by atoms with Crippen LogP contribution in [-0.2, 0) is 0 Å². The second-order valence-corrected chi connectivity index (χ2v) is 5.46. The summed E-state index contributed by atoms with van der Waals surface area (Å²) in [5.74, 6) is -0.974. The standard InChI is InChI=1S/C13H18ClFN4O/c1-18-3-4-19(2)10(8-18)7-17-13(20)11-5-9(15)6-16-12(11)14/h5-6,10H,3-4,7-8H2,1-2H3,(H,17,20). The number of aromatic nitrogens is 1. The first kappa shape index (κ1) is 15.2. The number of rotatable bonds is 3. The second-order valence-electron chi connectivity index (χ2n) is 5.10. The van der Waals surface area contributed by atoms with Gasteiger partial charge in [-0.25, -0.2) is 9.37 Å². The predicted molar refractivity (Wildman–Crippen MR) is 75.5 cm³/mol. The number of likely N-dealkylation sites (N-methyl/N-ethyl adjacent to an activating group) is 2. The Morgan fingerprint density at radius 3 is 3.05 bits per heavy atom. The minimum Gasteiger partial charge on any atom is -0.350 e. The number of halogens is 2. The van der Waals surface area contributed by atoms with Crippen LogP contribution in [0.25, 0.3) is 0 Å². The third-order valence-corrected chi connectivity index (χ3v) is 3.83. The van der Waals surface area contributed by atoms with E-state index in [-0.39, 0.29) is 16.8 Å². The fraction of sp³-hybridized carbons (Fsp3) is 0.538. The molecule has 1 fully saturated rings. The fourth-order valence-electron chi connectivity index (χ4n) is 2.21. The number of pyridine rings is 1. The molecule has 1 aliphatic heterocycles. The highest BCUT2D eigenvalue weighted by atomic mass is 35.5. The molecule has 20 heavy (non-hydrogen) atoms. The van der Waals surface area contributed by atoms with Crippen molar-refractivity contribution in [2.24, 2.45) is 0 Å².